The van der Waals surface area contributed by atoms with Crippen LogP contribution in [0.4, 0.5) is 5.69 Å². The Labute approximate surface area is 199 Å². The van der Waals surface area contributed by atoms with E-state index in [-0.39, 0.29) is 18.4 Å². The molecule has 32 heavy (non-hydrogen) atoms. The SMILES string of the molecule is COCCNC(=O)Cn1cc(/C=C2\NC(=S)N(c3ccccc3)C2=O)c2cc(Br)ccc21. The molecule has 4 rings (SSSR count). The van der Waals surface area contributed by atoms with E-state index in [1.54, 1.807) is 13.2 Å². The number of ether oxygens (including phenoxy) is 1. The number of benzene rings is 2. The van der Waals surface area contributed by atoms with E-state index in [0.29, 0.717) is 29.6 Å². The zero-order valence-electron chi connectivity index (χ0n) is 17.3. The van der Waals surface area contributed by atoms with Crippen LogP contribution in [-0.4, -0.2) is 41.8 Å². The molecule has 2 amide bonds. The zero-order chi connectivity index (χ0) is 22.7. The van der Waals surface area contributed by atoms with Crippen LogP contribution in [0.25, 0.3) is 17.0 Å². The summed E-state index contributed by atoms with van der Waals surface area (Å²) < 4.78 is 7.74. The van der Waals surface area contributed by atoms with Gasteiger partial charge in [0.1, 0.15) is 12.2 Å². The van der Waals surface area contributed by atoms with Crippen molar-refractivity contribution >= 4 is 67.7 Å². The summed E-state index contributed by atoms with van der Waals surface area (Å²) in [5.41, 5.74) is 2.77. The molecule has 1 aliphatic rings. The lowest BCUT2D eigenvalue weighted by molar-refractivity contribution is -0.121. The van der Waals surface area contributed by atoms with Gasteiger partial charge in [-0.05, 0) is 48.6 Å². The minimum Gasteiger partial charge on any atom is -0.383 e. The molecule has 1 aliphatic heterocycles. The van der Waals surface area contributed by atoms with Gasteiger partial charge in [-0.25, -0.2) is 0 Å². The van der Waals surface area contributed by atoms with Gasteiger partial charge in [0.15, 0.2) is 5.11 Å². The first kappa shape index (κ1) is 22.2. The molecule has 9 heteroatoms. The number of nitrogens with one attached hydrogen (secondary N) is 2. The van der Waals surface area contributed by atoms with Crippen LogP contribution in [0.5, 0.6) is 0 Å². The number of para-hydroxylation sites is 1. The van der Waals surface area contributed by atoms with Gasteiger partial charge in [0.2, 0.25) is 5.91 Å². The van der Waals surface area contributed by atoms with Gasteiger partial charge in [0, 0.05) is 40.8 Å². The Bertz CT molecular complexity index is 1220. The summed E-state index contributed by atoms with van der Waals surface area (Å²) in [6, 6.07) is 15.1. The van der Waals surface area contributed by atoms with E-state index in [0.717, 1.165) is 20.9 Å². The highest BCUT2D eigenvalue weighted by Gasteiger charge is 2.32. The second kappa shape index (κ2) is 9.64. The van der Waals surface area contributed by atoms with Crippen LogP contribution < -0.4 is 15.5 Å². The fraction of sp³-hybridized carbons (Fsp3) is 0.174. The topological polar surface area (TPSA) is 75.6 Å². The highest BCUT2D eigenvalue weighted by molar-refractivity contribution is 9.10. The van der Waals surface area contributed by atoms with E-state index >= 15 is 0 Å². The number of halogens is 1. The number of thiocarbonyl (C=S) groups is 1. The molecule has 1 aromatic heterocycles. The number of nitrogens with zero attached hydrogens (tertiary/aromatic N) is 2. The minimum absolute atomic E-state index is 0.118. The summed E-state index contributed by atoms with van der Waals surface area (Å²) in [4.78, 5) is 26.9. The van der Waals surface area contributed by atoms with E-state index in [2.05, 4.69) is 26.6 Å². The Balaban J connectivity index is 1.66. The molecule has 0 bridgehead atoms. The maximum Gasteiger partial charge on any atom is 0.281 e. The third-order valence-corrected chi connectivity index (χ3v) is 5.79. The Morgan fingerprint density at radius 3 is 2.78 bits per heavy atom. The summed E-state index contributed by atoms with van der Waals surface area (Å²) in [5.74, 6) is -0.345. The van der Waals surface area contributed by atoms with E-state index in [1.165, 1.54) is 4.90 Å². The van der Waals surface area contributed by atoms with Crippen molar-refractivity contribution in [2.24, 2.45) is 0 Å². The van der Waals surface area contributed by atoms with Crippen LogP contribution in [0, 0.1) is 0 Å². The number of anilines is 1. The molecular weight excluding hydrogens is 492 g/mol. The highest BCUT2D eigenvalue weighted by atomic mass is 79.9. The minimum atomic E-state index is -0.227. The predicted molar refractivity (Wildman–Crippen MR) is 132 cm³/mol. The van der Waals surface area contributed by atoms with Crippen molar-refractivity contribution < 1.29 is 14.3 Å². The van der Waals surface area contributed by atoms with Crippen molar-refractivity contribution in [1.29, 1.82) is 0 Å². The van der Waals surface area contributed by atoms with Crippen molar-refractivity contribution in [3.05, 3.63) is 70.5 Å². The number of carbonyl (C=O) groups excluding carboxylic acids is 2. The zero-order valence-corrected chi connectivity index (χ0v) is 19.7. The van der Waals surface area contributed by atoms with E-state index in [1.807, 2.05) is 59.3 Å². The standard InChI is InChI=1S/C23H21BrN4O3S/c1-31-10-9-25-21(29)14-27-13-15(18-12-16(24)7-8-20(18)27)11-19-22(30)28(23(32)26-19)17-5-3-2-4-6-17/h2-8,11-13H,9-10,14H2,1H3,(H,25,29)(H,26,32)/b19-11-. The molecule has 1 fully saturated rings. The third kappa shape index (κ3) is 4.59. The molecule has 0 spiro atoms. The van der Waals surface area contributed by atoms with Gasteiger partial charge in [-0.2, -0.15) is 0 Å². The van der Waals surface area contributed by atoms with Crippen LogP contribution in [-0.2, 0) is 20.9 Å². The first-order valence-electron chi connectivity index (χ1n) is 9.94. The summed E-state index contributed by atoms with van der Waals surface area (Å²) >= 11 is 8.91. The Morgan fingerprint density at radius 1 is 1.25 bits per heavy atom. The number of hydrogen-bond acceptors (Lipinski definition) is 4. The van der Waals surface area contributed by atoms with Gasteiger partial charge in [-0.15, -0.1) is 0 Å². The lowest BCUT2D eigenvalue weighted by atomic mass is 10.1. The van der Waals surface area contributed by atoms with Crippen LogP contribution >= 0.6 is 28.1 Å². The molecule has 0 aliphatic carbocycles. The fourth-order valence-corrected chi connectivity index (χ4v) is 4.21. The molecule has 2 aromatic carbocycles. The van der Waals surface area contributed by atoms with Crippen molar-refractivity contribution in [2.45, 2.75) is 6.54 Å². The van der Waals surface area contributed by atoms with Crippen molar-refractivity contribution in [1.82, 2.24) is 15.2 Å². The summed E-state index contributed by atoms with van der Waals surface area (Å²) in [6.45, 7) is 1.05. The molecule has 3 aromatic rings. The summed E-state index contributed by atoms with van der Waals surface area (Å²) in [5, 5.41) is 7.09. The monoisotopic (exact) mass is 512 g/mol. The van der Waals surface area contributed by atoms with E-state index in [4.69, 9.17) is 17.0 Å². The fourth-order valence-electron chi connectivity index (χ4n) is 3.55. The lowest BCUT2D eigenvalue weighted by Crippen LogP contribution is -2.30. The van der Waals surface area contributed by atoms with Crippen LogP contribution in [0.2, 0.25) is 0 Å². The van der Waals surface area contributed by atoms with Crippen molar-refractivity contribution in [3.63, 3.8) is 0 Å². The average Bonchev–Trinajstić information content (AvgIpc) is 3.24. The largest absolute Gasteiger partial charge is 0.383 e. The predicted octanol–water partition coefficient (Wildman–Crippen LogP) is 3.43. The van der Waals surface area contributed by atoms with Crippen molar-refractivity contribution in [2.75, 3.05) is 25.2 Å². The van der Waals surface area contributed by atoms with Crippen LogP contribution in [0.15, 0.2) is 64.9 Å². The first-order chi connectivity index (χ1) is 15.5. The van der Waals surface area contributed by atoms with Crippen LogP contribution in [0.1, 0.15) is 5.56 Å². The normalized spacial score (nSPS) is 14.9. The van der Waals surface area contributed by atoms with E-state index < -0.39 is 0 Å². The second-order valence-corrected chi connectivity index (χ2v) is 8.48. The molecule has 1 saturated heterocycles. The van der Waals surface area contributed by atoms with Crippen molar-refractivity contribution in [3.8, 4) is 0 Å². The number of hydrogen-bond donors (Lipinski definition) is 2. The molecular formula is C23H21BrN4O3S. The molecule has 0 radical (unpaired) electrons. The van der Waals surface area contributed by atoms with E-state index in [9.17, 15) is 9.59 Å². The van der Waals surface area contributed by atoms with Gasteiger partial charge >= 0.3 is 0 Å². The maximum absolute atomic E-state index is 13.1. The third-order valence-electron chi connectivity index (χ3n) is 5.01. The van der Waals surface area contributed by atoms with Gasteiger partial charge < -0.3 is 19.9 Å². The number of carbonyl (C=O) groups is 2. The Hall–Kier alpha value is -3.01. The first-order valence-corrected chi connectivity index (χ1v) is 11.1. The molecule has 2 N–H and O–H groups in total. The number of aromatic nitrogens is 1. The Morgan fingerprint density at radius 2 is 2.03 bits per heavy atom. The number of rotatable bonds is 7. The smallest absolute Gasteiger partial charge is 0.281 e. The molecule has 2 heterocycles. The molecule has 7 nitrogen and oxygen atoms in total. The van der Waals surface area contributed by atoms with Gasteiger partial charge in [-0.3, -0.25) is 14.5 Å². The van der Waals surface area contributed by atoms with Gasteiger partial charge in [-0.1, -0.05) is 34.1 Å². The number of methoxy groups -OCH3 is 1. The maximum atomic E-state index is 13.1. The second-order valence-electron chi connectivity index (χ2n) is 7.18. The molecule has 164 valence electrons. The Kier molecular flexibility index (Phi) is 6.69. The average molecular weight is 513 g/mol. The van der Waals surface area contributed by atoms with Crippen LogP contribution in [0.3, 0.4) is 0 Å². The number of amides is 2. The summed E-state index contributed by atoms with van der Waals surface area (Å²) in [7, 11) is 1.59. The highest BCUT2D eigenvalue weighted by Crippen LogP contribution is 2.28. The quantitative estimate of drug-likeness (QED) is 0.288. The molecule has 0 atom stereocenters. The number of fused-ring (bicyclic) bond motifs is 1. The van der Waals surface area contributed by atoms with Gasteiger partial charge in [0.25, 0.3) is 5.91 Å². The molecule has 0 unspecified atom stereocenters. The lowest BCUT2D eigenvalue weighted by Gasteiger charge is -2.13. The molecule has 0 saturated carbocycles. The van der Waals surface area contributed by atoms with Gasteiger partial charge in [0.05, 0.1) is 12.3 Å². The summed E-state index contributed by atoms with van der Waals surface area (Å²) in [6.07, 6.45) is 3.63.